The van der Waals surface area contributed by atoms with E-state index < -0.39 is 22.0 Å². The minimum absolute atomic E-state index is 0.0342. The highest BCUT2D eigenvalue weighted by Gasteiger charge is 2.27. The fourth-order valence-corrected chi connectivity index (χ4v) is 2.66. The quantitative estimate of drug-likeness (QED) is 0.663. The first kappa shape index (κ1) is 13.3. The van der Waals surface area contributed by atoms with Crippen LogP contribution in [-0.4, -0.2) is 24.4 Å². The van der Waals surface area contributed by atoms with Crippen molar-refractivity contribution < 1.29 is 10.0 Å². The summed E-state index contributed by atoms with van der Waals surface area (Å²) in [6.07, 6.45) is 2.51. The molecule has 0 radical (unpaired) electrons. The Kier molecular flexibility index (Phi) is 3.00. The summed E-state index contributed by atoms with van der Waals surface area (Å²) >= 11 is 0. The number of aromatic nitrogens is 3. The zero-order valence-electron chi connectivity index (χ0n) is 11.4. The van der Waals surface area contributed by atoms with Crippen LogP contribution in [0, 0.1) is 17.0 Å². The molecule has 0 bridgehead atoms. The van der Waals surface area contributed by atoms with E-state index >= 15 is 0 Å². The molecule has 110 valence electrons. The summed E-state index contributed by atoms with van der Waals surface area (Å²) in [4.78, 5) is 22.9. The summed E-state index contributed by atoms with van der Waals surface area (Å²) in [5.74, 6) is 0.154. The lowest BCUT2D eigenvalue weighted by atomic mass is 10.1. The van der Waals surface area contributed by atoms with Crippen LogP contribution in [0.3, 0.4) is 0 Å². The molecule has 1 aromatic heterocycles. The smallest absolute Gasteiger partial charge is 0.350 e. The summed E-state index contributed by atoms with van der Waals surface area (Å²) in [5, 5.41) is 25.2. The molecule has 0 fully saturated rings. The average Bonchev–Trinajstić information content (AvgIpc) is 2.78. The molecule has 1 aliphatic heterocycles. The summed E-state index contributed by atoms with van der Waals surface area (Å²) in [5.41, 5.74) is -0.349. The normalized spacial score (nSPS) is 14.0. The lowest BCUT2D eigenvalue weighted by Gasteiger charge is -2.09. The van der Waals surface area contributed by atoms with Crippen LogP contribution >= 0.6 is 0 Å². The highest BCUT2D eigenvalue weighted by atomic mass is 16.6. The van der Waals surface area contributed by atoms with Gasteiger partial charge >= 0.3 is 11.4 Å². The fourth-order valence-electron chi connectivity index (χ4n) is 2.66. The van der Waals surface area contributed by atoms with Crippen molar-refractivity contribution in [3.05, 3.63) is 44.1 Å². The van der Waals surface area contributed by atoms with E-state index in [0.29, 0.717) is 24.4 Å². The lowest BCUT2D eigenvalue weighted by molar-refractivity contribution is -0.385. The summed E-state index contributed by atoms with van der Waals surface area (Å²) in [6, 6.07) is 2.78. The second-order valence-corrected chi connectivity index (χ2v) is 5.08. The minimum atomic E-state index is -0.692. The maximum absolute atomic E-state index is 12.4. The Labute approximate surface area is 119 Å². The molecular formula is C13H14N4O4. The first-order valence-corrected chi connectivity index (χ1v) is 6.66. The van der Waals surface area contributed by atoms with Crippen molar-refractivity contribution in [2.24, 2.45) is 0 Å². The zero-order valence-corrected chi connectivity index (χ0v) is 11.4. The van der Waals surface area contributed by atoms with Gasteiger partial charge in [-0.1, -0.05) is 6.07 Å². The predicted molar refractivity (Wildman–Crippen MR) is 73.8 cm³/mol. The van der Waals surface area contributed by atoms with Crippen LogP contribution in [-0.2, 0) is 13.0 Å². The molecule has 0 atom stereocenters. The molecule has 0 amide bonds. The van der Waals surface area contributed by atoms with Gasteiger partial charge in [-0.05, 0) is 31.4 Å². The van der Waals surface area contributed by atoms with Gasteiger partial charge in [-0.25, -0.2) is 4.79 Å². The van der Waals surface area contributed by atoms with Gasteiger partial charge in [0.2, 0.25) is 0 Å². The van der Waals surface area contributed by atoms with E-state index in [9.17, 15) is 20.0 Å². The van der Waals surface area contributed by atoms with Gasteiger partial charge in [-0.15, -0.1) is 5.10 Å². The number of nitro benzene ring substituents is 1. The first-order valence-electron chi connectivity index (χ1n) is 6.66. The van der Waals surface area contributed by atoms with E-state index in [1.807, 2.05) is 0 Å². The van der Waals surface area contributed by atoms with Crippen LogP contribution in [0.2, 0.25) is 0 Å². The van der Waals surface area contributed by atoms with Gasteiger partial charge in [0.15, 0.2) is 11.4 Å². The van der Waals surface area contributed by atoms with Gasteiger partial charge in [0.05, 0.1) is 4.92 Å². The number of aryl methyl sites for hydroxylation is 2. The maximum Gasteiger partial charge on any atom is 0.350 e. The van der Waals surface area contributed by atoms with E-state index in [4.69, 9.17) is 0 Å². The van der Waals surface area contributed by atoms with E-state index in [1.165, 1.54) is 16.7 Å². The van der Waals surface area contributed by atoms with Crippen molar-refractivity contribution in [2.75, 3.05) is 0 Å². The second-order valence-electron chi connectivity index (χ2n) is 5.08. The Morgan fingerprint density at radius 3 is 2.81 bits per heavy atom. The van der Waals surface area contributed by atoms with Gasteiger partial charge in [0.25, 0.3) is 0 Å². The molecule has 0 aliphatic carbocycles. The van der Waals surface area contributed by atoms with Crippen molar-refractivity contribution >= 4 is 5.69 Å². The fraction of sp³-hybridized carbons (Fsp3) is 0.385. The molecule has 0 spiro atoms. The number of phenols is 1. The lowest BCUT2D eigenvalue weighted by Crippen LogP contribution is -2.26. The third-order valence-electron chi connectivity index (χ3n) is 3.70. The molecule has 2 aromatic rings. The molecule has 1 aliphatic rings. The van der Waals surface area contributed by atoms with Gasteiger partial charge in [0.1, 0.15) is 5.82 Å². The van der Waals surface area contributed by atoms with Gasteiger partial charge in [-0.3, -0.25) is 14.7 Å². The molecule has 8 heteroatoms. The van der Waals surface area contributed by atoms with Gasteiger partial charge < -0.3 is 5.11 Å². The minimum Gasteiger partial charge on any atom is -0.502 e. The largest absolute Gasteiger partial charge is 0.502 e. The van der Waals surface area contributed by atoms with Gasteiger partial charge in [0, 0.05) is 13.0 Å². The Hall–Kier alpha value is -2.64. The highest BCUT2D eigenvalue weighted by Crippen LogP contribution is 2.34. The Balaban J connectivity index is 2.31. The number of aromatic hydroxyl groups is 1. The van der Waals surface area contributed by atoms with E-state index in [0.717, 1.165) is 17.5 Å². The first-order chi connectivity index (χ1) is 10.0. The molecule has 1 aromatic carbocycles. The zero-order chi connectivity index (χ0) is 15.1. The number of nitrogens with zero attached hydrogens (tertiary/aromatic N) is 4. The van der Waals surface area contributed by atoms with Crippen molar-refractivity contribution in [2.45, 2.75) is 32.7 Å². The Morgan fingerprint density at radius 2 is 2.14 bits per heavy atom. The summed E-state index contributed by atoms with van der Waals surface area (Å²) < 4.78 is 2.57. The van der Waals surface area contributed by atoms with Gasteiger partial charge in [-0.2, -0.15) is 4.68 Å². The topological polar surface area (TPSA) is 103 Å². The molecular weight excluding hydrogens is 276 g/mol. The van der Waals surface area contributed by atoms with Crippen LogP contribution in [0.1, 0.15) is 24.2 Å². The van der Waals surface area contributed by atoms with Crippen molar-refractivity contribution in [1.29, 1.82) is 0 Å². The number of hydrogen-bond acceptors (Lipinski definition) is 5. The third kappa shape index (κ3) is 1.99. The van der Waals surface area contributed by atoms with E-state index in [-0.39, 0.29) is 5.69 Å². The molecule has 2 heterocycles. The average molecular weight is 290 g/mol. The third-order valence-corrected chi connectivity index (χ3v) is 3.70. The number of hydrogen-bond donors (Lipinski definition) is 1. The molecule has 0 unspecified atom stereocenters. The molecule has 21 heavy (non-hydrogen) atoms. The number of phenolic OH excluding ortho intramolecular Hbond substituents is 1. The standard InChI is InChI=1S/C13H14N4O4/c1-8-5-6-9(18)12(17(20)21)11(8)16-13(19)15-7-3-2-4-10(15)14-16/h5-6,18H,2-4,7H2,1H3. The monoisotopic (exact) mass is 290 g/mol. The van der Waals surface area contributed by atoms with Crippen molar-refractivity contribution in [3.63, 3.8) is 0 Å². The van der Waals surface area contributed by atoms with E-state index in [2.05, 4.69) is 5.10 Å². The number of fused-ring (bicyclic) bond motifs is 1. The molecule has 3 rings (SSSR count). The molecule has 1 N–H and O–H groups in total. The second kappa shape index (κ2) is 4.72. The number of benzene rings is 1. The van der Waals surface area contributed by atoms with Crippen LogP contribution in [0.25, 0.3) is 5.69 Å². The maximum atomic E-state index is 12.4. The molecule has 0 saturated heterocycles. The van der Waals surface area contributed by atoms with E-state index in [1.54, 1.807) is 6.92 Å². The SMILES string of the molecule is Cc1ccc(O)c([N+](=O)[O-])c1-n1nc2n(c1=O)CCCC2. The number of nitro groups is 1. The van der Waals surface area contributed by atoms with Crippen molar-refractivity contribution in [1.82, 2.24) is 14.3 Å². The Morgan fingerprint density at radius 1 is 1.38 bits per heavy atom. The highest BCUT2D eigenvalue weighted by molar-refractivity contribution is 5.64. The molecule has 8 nitrogen and oxygen atoms in total. The predicted octanol–water partition coefficient (Wildman–Crippen LogP) is 1.29. The van der Waals surface area contributed by atoms with Crippen LogP contribution in [0.15, 0.2) is 16.9 Å². The Bertz CT molecular complexity index is 790. The van der Waals surface area contributed by atoms with Crippen LogP contribution in [0.5, 0.6) is 5.75 Å². The number of rotatable bonds is 2. The van der Waals surface area contributed by atoms with Crippen molar-refractivity contribution in [3.8, 4) is 11.4 Å². The molecule has 0 saturated carbocycles. The summed E-state index contributed by atoms with van der Waals surface area (Å²) in [6.45, 7) is 2.21. The van der Waals surface area contributed by atoms with Crippen LogP contribution < -0.4 is 5.69 Å². The van der Waals surface area contributed by atoms with Crippen LogP contribution in [0.4, 0.5) is 5.69 Å². The summed E-state index contributed by atoms with van der Waals surface area (Å²) in [7, 11) is 0.